The SMILES string of the molecule is O=C(O)C(NCc1ccc(Cl)cc1)c1cscn1. The Morgan fingerprint density at radius 1 is 1.44 bits per heavy atom. The summed E-state index contributed by atoms with van der Waals surface area (Å²) in [5, 5.41) is 14.5. The molecular weight excluding hydrogens is 272 g/mol. The number of nitrogens with one attached hydrogen (secondary N) is 1. The maximum Gasteiger partial charge on any atom is 0.327 e. The third-order valence-electron chi connectivity index (χ3n) is 2.42. The first-order chi connectivity index (χ1) is 8.66. The predicted molar refractivity (Wildman–Crippen MR) is 70.8 cm³/mol. The Labute approximate surface area is 113 Å². The van der Waals surface area contributed by atoms with Gasteiger partial charge in [0.1, 0.15) is 6.04 Å². The van der Waals surface area contributed by atoms with E-state index in [4.69, 9.17) is 16.7 Å². The molecule has 1 heterocycles. The van der Waals surface area contributed by atoms with Gasteiger partial charge < -0.3 is 5.11 Å². The summed E-state index contributed by atoms with van der Waals surface area (Å²) in [6.07, 6.45) is 0. The highest BCUT2D eigenvalue weighted by Gasteiger charge is 2.20. The molecule has 0 aliphatic rings. The Morgan fingerprint density at radius 3 is 2.72 bits per heavy atom. The predicted octanol–water partition coefficient (Wildman–Crippen LogP) is 2.71. The zero-order valence-electron chi connectivity index (χ0n) is 9.34. The van der Waals surface area contributed by atoms with Gasteiger partial charge in [-0.25, -0.2) is 4.98 Å². The third kappa shape index (κ3) is 3.29. The number of rotatable bonds is 5. The number of benzene rings is 1. The van der Waals surface area contributed by atoms with Gasteiger partial charge in [-0.3, -0.25) is 10.1 Å². The smallest absolute Gasteiger partial charge is 0.327 e. The van der Waals surface area contributed by atoms with Crippen molar-refractivity contribution in [3.8, 4) is 0 Å². The molecule has 6 heteroatoms. The van der Waals surface area contributed by atoms with E-state index in [-0.39, 0.29) is 0 Å². The summed E-state index contributed by atoms with van der Waals surface area (Å²) in [6.45, 7) is 0.450. The topological polar surface area (TPSA) is 62.2 Å². The molecule has 94 valence electrons. The van der Waals surface area contributed by atoms with Gasteiger partial charge in [0.2, 0.25) is 0 Å². The van der Waals surface area contributed by atoms with E-state index in [9.17, 15) is 4.79 Å². The fraction of sp³-hybridized carbons (Fsp3) is 0.167. The number of aliphatic carboxylic acids is 1. The number of carbonyl (C=O) groups is 1. The van der Waals surface area contributed by atoms with E-state index in [0.29, 0.717) is 17.3 Å². The first-order valence-electron chi connectivity index (χ1n) is 5.25. The lowest BCUT2D eigenvalue weighted by Crippen LogP contribution is -2.28. The van der Waals surface area contributed by atoms with Gasteiger partial charge in [0, 0.05) is 16.9 Å². The van der Waals surface area contributed by atoms with Crippen LogP contribution in [0.5, 0.6) is 0 Å². The van der Waals surface area contributed by atoms with Crippen molar-refractivity contribution in [1.82, 2.24) is 10.3 Å². The van der Waals surface area contributed by atoms with Crippen LogP contribution in [0, 0.1) is 0 Å². The number of thiazole rings is 1. The molecule has 1 aromatic carbocycles. The van der Waals surface area contributed by atoms with E-state index in [0.717, 1.165) is 5.56 Å². The molecule has 0 aliphatic heterocycles. The monoisotopic (exact) mass is 282 g/mol. The second kappa shape index (κ2) is 5.95. The maximum atomic E-state index is 11.2. The molecule has 0 spiro atoms. The number of nitrogens with zero attached hydrogens (tertiary/aromatic N) is 1. The van der Waals surface area contributed by atoms with Crippen LogP contribution >= 0.6 is 22.9 Å². The summed E-state index contributed by atoms with van der Waals surface area (Å²) in [4.78, 5) is 15.2. The summed E-state index contributed by atoms with van der Waals surface area (Å²) in [6, 6.07) is 6.48. The second-order valence-corrected chi connectivity index (χ2v) is 4.85. The molecule has 18 heavy (non-hydrogen) atoms. The lowest BCUT2D eigenvalue weighted by atomic mass is 10.2. The molecule has 2 aromatic rings. The Morgan fingerprint density at radius 2 is 2.17 bits per heavy atom. The van der Waals surface area contributed by atoms with Gasteiger partial charge >= 0.3 is 5.97 Å². The van der Waals surface area contributed by atoms with E-state index in [1.807, 2.05) is 12.1 Å². The van der Waals surface area contributed by atoms with Crippen molar-refractivity contribution >= 4 is 28.9 Å². The molecule has 0 aliphatic carbocycles. The summed E-state index contributed by atoms with van der Waals surface area (Å²) in [5.41, 5.74) is 3.12. The zero-order chi connectivity index (χ0) is 13.0. The van der Waals surface area contributed by atoms with Gasteiger partial charge in [0.05, 0.1) is 11.2 Å². The van der Waals surface area contributed by atoms with Gasteiger partial charge in [0.25, 0.3) is 0 Å². The Kier molecular flexibility index (Phi) is 4.30. The van der Waals surface area contributed by atoms with Crippen LogP contribution in [0.4, 0.5) is 0 Å². The van der Waals surface area contributed by atoms with Crippen LogP contribution in [0.1, 0.15) is 17.3 Å². The summed E-state index contributed by atoms with van der Waals surface area (Å²) in [5.74, 6) is -0.935. The average Bonchev–Trinajstić information content (AvgIpc) is 2.85. The van der Waals surface area contributed by atoms with Crippen LogP contribution in [0.25, 0.3) is 0 Å². The van der Waals surface area contributed by atoms with Crippen LogP contribution in [-0.2, 0) is 11.3 Å². The van der Waals surface area contributed by atoms with E-state index < -0.39 is 12.0 Å². The highest BCUT2D eigenvalue weighted by molar-refractivity contribution is 7.07. The van der Waals surface area contributed by atoms with Crippen molar-refractivity contribution in [2.45, 2.75) is 12.6 Å². The average molecular weight is 283 g/mol. The van der Waals surface area contributed by atoms with E-state index in [1.54, 1.807) is 23.0 Å². The van der Waals surface area contributed by atoms with Crippen LogP contribution in [0.2, 0.25) is 5.02 Å². The quantitative estimate of drug-likeness (QED) is 0.885. The van der Waals surface area contributed by atoms with Crippen LogP contribution < -0.4 is 5.32 Å². The standard InChI is InChI=1S/C12H11ClN2O2S/c13-9-3-1-8(2-4-9)5-14-11(12(16)17)10-6-18-7-15-10/h1-4,6-7,11,14H,5H2,(H,16,17). The lowest BCUT2D eigenvalue weighted by Gasteiger charge is -2.12. The Hall–Kier alpha value is -1.43. The molecule has 1 unspecified atom stereocenters. The largest absolute Gasteiger partial charge is 0.480 e. The number of aromatic nitrogens is 1. The van der Waals surface area contributed by atoms with E-state index >= 15 is 0 Å². The zero-order valence-corrected chi connectivity index (χ0v) is 10.9. The fourth-order valence-electron chi connectivity index (χ4n) is 1.50. The first kappa shape index (κ1) is 13.0. The Bertz CT molecular complexity index is 513. The van der Waals surface area contributed by atoms with Crippen molar-refractivity contribution in [1.29, 1.82) is 0 Å². The minimum absolute atomic E-state index is 0.450. The fourth-order valence-corrected chi connectivity index (χ4v) is 2.21. The molecule has 0 saturated carbocycles. The molecule has 1 aromatic heterocycles. The molecular formula is C12H11ClN2O2S. The van der Waals surface area contributed by atoms with Gasteiger partial charge in [-0.1, -0.05) is 23.7 Å². The minimum Gasteiger partial charge on any atom is -0.480 e. The van der Waals surface area contributed by atoms with Crippen LogP contribution in [0.3, 0.4) is 0 Å². The normalized spacial score (nSPS) is 12.3. The molecule has 2 N–H and O–H groups in total. The van der Waals surface area contributed by atoms with Crippen LogP contribution in [-0.4, -0.2) is 16.1 Å². The van der Waals surface area contributed by atoms with Crippen molar-refractivity contribution < 1.29 is 9.90 Å². The minimum atomic E-state index is -0.935. The highest BCUT2D eigenvalue weighted by atomic mass is 35.5. The first-order valence-corrected chi connectivity index (χ1v) is 6.57. The molecule has 0 radical (unpaired) electrons. The lowest BCUT2D eigenvalue weighted by molar-refractivity contribution is -0.139. The van der Waals surface area contributed by atoms with Gasteiger partial charge in [0.15, 0.2) is 0 Å². The Balaban J connectivity index is 2.02. The van der Waals surface area contributed by atoms with Crippen molar-refractivity contribution in [3.05, 3.63) is 51.4 Å². The summed E-state index contributed by atoms with van der Waals surface area (Å²) >= 11 is 7.16. The van der Waals surface area contributed by atoms with Crippen LogP contribution in [0.15, 0.2) is 35.2 Å². The second-order valence-electron chi connectivity index (χ2n) is 3.69. The number of halogens is 1. The number of hydrogen-bond acceptors (Lipinski definition) is 4. The third-order valence-corrected chi connectivity index (χ3v) is 3.27. The molecule has 0 amide bonds. The molecule has 4 nitrogen and oxygen atoms in total. The molecule has 2 rings (SSSR count). The highest BCUT2D eigenvalue weighted by Crippen LogP contribution is 2.15. The number of carboxylic acid groups (broad SMARTS) is 1. The number of hydrogen-bond donors (Lipinski definition) is 2. The number of carboxylic acids is 1. The van der Waals surface area contributed by atoms with Gasteiger partial charge in [-0.2, -0.15) is 0 Å². The van der Waals surface area contributed by atoms with Crippen molar-refractivity contribution in [3.63, 3.8) is 0 Å². The molecule has 1 atom stereocenters. The van der Waals surface area contributed by atoms with Crippen molar-refractivity contribution in [2.24, 2.45) is 0 Å². The van der Waals surface area contributed by atoms with Crippen molar-refractivity contribution in [2.75, 3.05) is 0 Å². The molecule has 0 bridgehead atoms. The van der Waals surface area contributed by atoms with E-state index in [1.165, 1.54) is 11.3 Å². The van der Waals surface area contributed by atoms with Gasteiger partial charge in [-0.15, -0.1) is 11.3 Å². The molecule has 0 fully saturated rings. The summed E-state index contributed by atoms with van der Waals surface area (Å²) < 4.78 is 0. The maximum absolute atomic E-state index is 11.2. The summed E-state index contributed by atoms with van der Waals surface area (Å²) in [7, 11) is 0. The van der Waals surface area contributed by atoms with Gasteiger partial charge in [-0.05, 0) is 17.7 Å². The molecule has 0 saturated heterocycles. The van der Waals surface area contributed by atoms with E-state index in [2.05, 4.69) is 10.3 Å².